The molecule has 1 N–H and O–H groups in total. The number of piperazine rings is 1. The Kier molecular flexibility index (Phi) is 5.65. The molecule has 140 valence electrons. The zero-order valence-electron chi connectivity index (χ0n) is 14.9. The molecule has 8 nitrogen and oxygen atoms in total. The Labute approximate surface area is 156 Å². The molecule has 0 saturated carbocycles. The van der Waals surface area contributed by atoms with Gasteiger partial charge in [0.2, 0.25) is 0 Å². The predicted octanol–water partition coefficient (Wildman–Crippen LogP) is 1.16. The number of amides is 2. The SMILES string of the molecule is COC(=O)c1ccccc1NC(=O)C(=O)N1CCN(c2ccccn2)CC1. The zero-order valence-corrected chi connectivity index (χ0v) is 14.9. The minimum Gasteiger partial charge on any atom is -0.465 e. The molecular formula is C19H20N4O4. The van der Waals surface area contributed by atoms with Crippen LogP contribution in [0.3, 0.4) is 0 Å². The Hall–Kier alpha value is -3.42. The van der Waals surface area contributed by atoms with Gasteiger partial charge in [0.25, 0.3) is 0 Å². The maximum atomic E-state index is 12.5. The van der Waals surface area contributed by atoms with Crippen LogP contribution >= 0.6 is 0 Å². The van der Waals surface area contributed by atoms with Crippen LogP contribution in [0, 0.1) is 0 Å². The molecule has 1 aromatic heterocycles. The highest BCUT2D eigenvalue weighted by atomic mass is 16.5. The van der Waals surface area contributed by atoms with Crippen molar-refractivity contribution in [2.45, 2.75) is 0 Å². The summed E-state index contributed by atoms with van der Waals surface area (Å²) in [6.07, 6.45) is 1.72. The second-order valence-electron chi connectivity index (χ2n) is 5.96. The van der Waals surface area contributed by atoms with Gasteiger partial charge in [-0.1, -0.05) is 18.2 Å². The van der Waals surface area contributed by atoms with Gasteiger partial charge < -0.3 is 19.9 Å². The van der Waals surface area contributed by atoms with Crippen molar-refractivity contribution >= 4 is 29.3 Å². The second-order valence-corrected chi connectivity index (χ2v) is 5.96. The van der Waals surface area contributed by atoms with E-state index in [2.05, 4.69) is 15.2 Å². The van der Waals surface area contributed by atoms with Gasteiger partial charge in [-0.3, -0.25) is 9.59 Å². The van der Waals surface area contributed by atoms with Crippen LogP contribution < -0.4 is 10.2 Å². The molecule has 1 saturated heterocycles. The molecule has 1 fully saturated rings. The fraction of sp³-hybridized carbons (Fsp3) is 0.263. The summed E-state index contributed by atoms with van der Waals surface area (Å²) in [4.78, 5) is 44.4. The lowest BCUT2D eigenvalue weighted by Crippen LogP contribution is -2.51. The summed E-state index contributed by atoms with van der Waals surface area (Å²) >= 11 is 0. The van der Waals surface area contributed by atoms with E-state index >= 15 is 0 Å². The van der Waals surface area contributed by atoms with E-state index in [4.69, 9.17) is 4.74 Å². The molecule has 1 aliphatic rings. The number of para-hydroxylation sites is 1. The molecule has 2 amide bonds. The molecule has 1 aromatic carbocycles. The number of hydrogen-bond acceptors (Lipinski definition) is 6. The largest absolute Gasteiger partial charge is 0.465 e. The number of aromatic nitrogens is 1. The highest BCUT2D eigenvalue weighted by Crippen LogP contribution is 2.17. The highest BCUT2D eigenvalue weighted by Gasteiger charge is 2.27. The first-order valence-electron chi connectivity index (χ1n) is 8.53. The van der Waals surface area contributed by atoms with Crippen LogP contribution in [0.2, 0.25) is 0 Å². The van der Waals surface area contributed by atoms with E-state index < -0.39 is 17.8 Å². The molecule has 2 aromatic rings. The standard InChI is InChI=1S/C19H20N4O4/c1-27-19(26)14-6-2-3-7-15(14)21-17(24)18(25)23-12-10-22(11-13-23)16-8-4-5-9-20-16/h2-9H,10-13H2,1H3,(H,21,24). The second kappa shape index (κ2) is 8.31. The number of esters is 1. The summed E-state index contributed by atoms with van der Waals surface area (Å²) in [5.41, 5.74) is 0.441. The molecule has 27 heavy (non-hydrogen) atoms. The van der Waals surface area contributed by atoms with Crippen LogP contribution in [0.15, 0.2) is 48.7 Å². The number of ether oxygens (including phenoxy) is 1. The fourth-order valence-electron chi connectivity index (χ4n) is 2.88. The number of methoxy groups -OCH3 is 1. The van der Waals surface area contributed by atoms with Gasteiger partial charge in [-0.2, -0.15) is 0 Å². The first-order chi connectivity index (χ1) is 13.1. The molecule has 3 rings (SSSR count). The zero-order chi connectivity index (χ0) is 19.2. The minimum atomic E-state index is -0.780. The lowest BCUT2D eigenvalue weighted by Gasteiger charge is -2.35. The van der Waals surface area contributed by atoms with Crippen LogP contribution in [0.5, 0.6) is 0 Å². The molecule has 0 bridgehead atoms. The minimum absolute atomic E-state index is 0.195. The summed E-state index contributed by atoms with van der Waals surface area (Å²) in [6, 6.07) is 12.1. The van der Waals surface area contributed by atoms with Crippen molar-refractivity contribution < 1.29 is 19.1 Å². The van der Waals surface area contributed by atoms with E-state index in [1.165, 1.54) is 18.1 Å². The number of nitrogens with one attached hydrogen (secondary N) is 1. The van der Waals surface area contributed by atoms with E-state index in [0.29, 0.717) is 26.2 Å². The highest BCUT2D eigenvalue weighted by molar-refractivity contribution is 6.39. The lowest BCUT2D eigenvalue weighted by molar-refractivity contribution is -0.143. The van der Waals surface area contributed by atoms with Crippen molar-refractivity contribution in [1.82, 2.24) is 9.88 Å². The number of benzene rings is 1. The Morgan fingerprint density at radius 3 is 2.37 bits per heavy atom. The van der Waals surface area contributed by atoms with Gasteiger partial charge in [-0.05, 0) is 24.3 Å². The molecule has 0 aliphatic carbocycles. The maximum Gasteiger partial charge on any atom is 0.339 e. The van der Waals surface area contributed by atoms with Gasteiger partial charge in [-0.25, -0.2) is 9.78 Å². The fourth-order valence-corrected chi connectivity index (χ4v) is 2.88. The summed E-state index contributed by atoms with van der Waals surface area (Å²) in [6.45, 7) is 2.02. The Morgan fingerprint density at radius 1 is 1.00 bits per heavy atom. The van der Waals surface area contributed by atoms with Gasteiger partial charge in [0.05, 0.1) is 18.4 Å². The van der Waals surface area contributed by atoms with Crippen molar-refractivity contribution in [1.29, 1.82) is 0 Å². The number of carbonyl (C=O) groups is 3. The van der Waals surface area contributed by atoms with Crippen molar-refractivity contribution in [3.8, 4) is 0 Å². The van der Waals surface area contributed by atoms with Gasteiger partial charge >= 0.3 is 17.8 Å². The predicted molar refractivity (Wildman–Crippen MR) is 99.4 cm³/mol. The van der Waals surface area contributed by atoms with E-state index in [1.807, 2.05) is 18.2 Å². The van der Waals surface area contributed by atoms with Gasteiger partial charge in [-0.15, -0.1) is 0 Å². The third kappa shape index (κ3) is 4.22. The monoisotopic (exact) mass is 368 g/mol. The van der Waals surface area contributed by atoms with E-state index in [0.717, 1.165) is 5.82 Å². The van der Waals surface area contributed by atoms with Crippen LogP contribution in [0.1, 0.15) is 10.4 Å². The summed E-state index contributed by atoms with van der Waals surface area (Å²) in [5, 5.41) is 2.51. The van der Waals surface area contributed by atoms with Crippen molar-refractivity contribution in [2.75, 3.05) is 43.5 Å². The Balaban J connectivity index is 1.61. The third-order valence-electron chi connectivity index (χ3n) is 4.31. The third-order valence-corrected chi connectivity index (χ3v) is 4.31. The number of nitrogens with zero attached hydrogens (tertiary/aromatic N) is 3. The molecule has 0 radical (unpaired) electrons. The number of anilines is 2. The van der Waals surface area contributed by atoms with Crippen LogP contribution in [-0.4, -0.2) is 61.0 Å². The molecule has 8 heteroatoms. The van der Waals surface area contributed by atoms with Crippen molar-refractivity contribution in [3.63, 3.8) is 0 Å². The Bertz CT molecular complexity index is 833. The van der Waals surface area contributed by atoms with Crippen molar-refractivity contribution in [3.05, 3.63) is 54.2 Å². The smallest absolute Gasteiger partial charge is 0.339 e. The number of carbonyl (C=O) groups excluding carboxylic acids is 3. The average Bonchev–Trinajstić information content (AvgIpc) is 2.73. The lowest BCUT2D eigenvalue weighted by atomic mass is 10.1. The molecule has 1 aliphatic heterocycles. The maximum absolute atomic E-state index is 12.5. The summed E-state index contributed by atoms with van der Waals surface area (Å²) in [5.74, 6) is -1.14. The first kappa shape index (κ1) is 18.4. The number of rotatable bonds is 3. The summed E-state index contributed by atoms with van der Waals surface area (Å²) in [7, 11) is 1.26. The molecule has 0 atom stereocenters. The Morgan fingerprint density at radius 2 is 1.70 bits per heavy atom. The first-order valence-corrected chi connectivity index (χ1v) is 8.53. The van der Waals surface area contributed by atoms with E-state index in [-0.39, 0.29) is 11.3 Å². The quantitative estimate of drug-likeness (QED) is 0.646. The number of hydrogen-bond donors (Lipinski definition) is 1. The van der Waals surface area contributed by atoms with E-state index in [9.17, 15) is 14.4 Å². The normalized spacial score (nSPS) is 13.8. The van der Waals surface area contributed by atoms with Crippen LogP contribution in [0.4, 0.5) is 11.5 Å². The van der Waals surface area contributed by atoms with Gasteiger partial charge in [0, 0.05) is 32.4 Å². The van der Waals surface area contributed by atoms with Gasteiger partial charge in [0.1, 0.15) is 5.82 Å². The van der Waals surface area contributed by atoms with Crippen LogP contribution in [-0.2, 0) is 14.3 Å². The summed E-state index contributed by atoms with van der Waals surface area (Å²) < 4.78 is 4.69. The van der Waals surface area contributed by atoms with E-state index in [1.54, 1.807) is 24.4 Å². The topological polar surface area (TPSA) is 91.8 Å². The molecular weight excluding hydrogens is 348 g/mol. The molecule has 2 heterocycles. The van der Waals surface area contributed by atoms with Crippen molar-refractivity contribution in [2.24, 2.45) is 0 Å². The van der Waals surface area contributed by atoms with Crippen LogP contribution in [0.25, 0.3) is 0 Å². The average molecular weight is 368 g/mol. The number of pyridine rings is 1. The van der Waals surface area contributed by atoms with Gasteiger partial charge in [0.15, 0.2) is 0 Å². The molecule has 0 unspecified atom stereocenters. The molecule has 0 spiro atoms.